The van der Waals surface area contributed by atoms with Crippen LogP contribution in [-0.2, 0) is 0 Å². The molecule has 1 rings (SSSR count). The van der Waals surface area contributed by atoms with Gasteiger partial charge in [-0.3, -0.25) is 4.90 Å². The fourth-order valence-corrected chi connectivity index (χ4v) is 2.01. The fourth-order valence-electron chi connectivity index (χ4n) is 2.01. The molecule has 0 amide bonds. The van der Waals surface area contributed by atoms with Gasteiger partial charge in [-0.25, -0.2) is 0 Å². The first-order valence-electron chi connectivity index (χ1n) is 5.20. The van der Waals surface area contributed by atoms with E-state index in [1.54, 1.807) is 18.7 Å². The summed E-state index contributed by atoms with van der Waals surface area (Å²) >= 11 is 0. The molecule has 90 valence electrons. The van der Waals surface area contributed by atoms with Gasteiger partial charge in [-0.1, -0.05) is 0 Å². The number of hydrogen-bond acceptors (Lipinski definition) is 2. The van der Waals surface area contributed by atoms with Crippen molar-refractivity contribution >= 4 is 0 Å². The second-order valence-electron chi connectivity index (χ2n) is 4.93. The Morgan fingerprint density at radius 2 is 1.93 bits per heavy atom. The largest absolute Gasteiger partial charge is 0.393 e. The molecule has 0 aliphatic carbocycles. The summed E-state index contributed by atoms with van der Waals surface area (Å²) in [6.45, 7) is 4.21. The molecule has 0 radical (unpaired) electrons. The molecule has 1 saturated heterocycles. The molecule has 0 bridgehead atoms. The van der Waals surface area contributed by atoms with Gasteiger partial charge in [-0.15, -0.1) is 0 Å². The van der Waals surface area contributed by atoms with Crippen LogP contribution in [-0.4, -0.2) is 41.4 Å². The monoisotopic (exact) mass is 225 g/mol. The zero-order chi connectivity index (χ0) is 11.7. The van der Waals surface area contributed by atoms with E-state index in [-0.39, 0.29) is 13.0 Å². The SMILES string of the molecule is CC(C)(O)CN1CCCC(C(F)(F)F)C1. The molecule has 1 aliphatic heterocycles. The molecular formula is C10H18F3NO. The highest BCUT2D eigenvalue weighted by Crippen LogP contribution is 2.33. The van der Waals surface area contributed by atoms with Crippen LogP contribution in [0.4, 0.5) is 13.2 Å². The second kappa shape index (κ2) is 4.29. The highest BCUT2D eigenvalue weighted by molar-refractivity contribution is 4.81. The molecule has 1 N–H and O–H groups in total. The van der Waals surface area contributed by atoms with E-state index in [0.29, 0.717) is 19.5 Å². The molecule has 0 saturated carbocycles. The smallest absolute Gasteiger partial charge is 0.389 e. The summed E-state index contributed by atoms with van der Waals surface area (Å²) in [5, 5.41) is 9.54. The molecule has 0 aromatic heterocycles. The Hall–Kier alpha value is -0.290. The number of alkyl halides is 3. The molecule has 2 nitrogen and oxygen atoms in total. The van der Waals surface area contributed by atoms with Crippen LogP contribution in [0.25, 0.3) is 0 Å². The maximum atomic E-state index is 12.5. The molecule has 1 atom stereocenters. The van der Waals surface area contributed by atoms with Gasteiger partial charge < -0.3 is 5.11 Å². The van der Waals surface area contributed by atoms with Crippen molar-refractivity contribution in [2.24, 2.45) is 5.92 Å². The number of piperidine rings is 1. The topological polar surface area (TPSA) is 23.5 Å². The van der Waals surface area contributed by atoms with E-state index in [1.165, 1.54) is 0 Å². The van der Waals surface area contributed by atoms with Crippen molar-refractivity contribution in [1.29, 1.82) is 0 Å². The Labute approximate surface area is 88.1 Å². The third-order valence-corrected chi connectivity index (χ3v) is 2.58. The average Bonchev–Trinajstić information content (AvgIpc) is 1.99. The van der Waals surface area contributed by atoms with Crippen LogP contribution in [0.1, 0.15) is 26.7 Å². The van der Waals surface area contributed by atoms with Crippen LogP contribution in [0.2, 0.25) is 0 Å². The zero-order valence-corrected chi connectivity index (χ0v) is 9.14. The quantitative estimate of drug-likeness (QED) is 0.777. The molecule has 0 aromatic carbocycles. The first-order valence-corrected chi connectivity index (χ1v) is 5.20. The van der Waals surface area contributed by atoms with Gasteiger partial charge in [0.15, 0.2) is 0 Å². The third kappa shape index (κ3) is 4.38. The van der Waals surface area contributed by atoms with Crippen molar-refractivity contribution in [3.63, 3.8) is 0 Å². The first kappa shape index (κ1) is 12.8. The number of halogens is 3. The van der Waals surface area contributed by atoms with Gasteiger partial charge in [0.1, 0.15) is 0 Å². The molecule has 1 aliphatic rings. The lowest BCUT2D eigenvalue weighted by Crippen LogP contribution is -2.47. The molecular weight excluding hydrogens is 207 g/mol. The maximum Gasteiger partial charge on any atom is 0.393 e. The standard InChI is InChI=1S/C10H18F3NO/c1-9(2,15)7-14-5-3-4-8(6-14)10(11,12)13/h8,15H,3-7H2,1-2H3. The van der Waals surface area contributed by atoms with Gasteiger partial charge in [0.25, 0.3) is 0 Å². The average molecular weight is 225 g/mol. The van der Waals surface area contributed by atoms with Crippen molar-refractivity contribution in [3.05, 3.63) is 0 Å². The van der Waals surface area contributed by atoms with E-state index < -0.39 is 17.7 Å². The molecule has 1 unspecified atom stereocenters. The minimum absolute atomic E-state index is 0.0213. The van der Waals surface area contributed by atoms with E-state index in [0.717, 1.165) is 0 Å². The molecule has 1 heterocycles. The van der Waals surface area contributed by atoms with E-state index in [2.05, 4.69) is 0 Å². The van der Waals surface area contributed by atoms with Crippen molar-refractivity contribution in [2.75, 3.05) is 19.6 Å². The van der Waals surface area contributed by atoms with Crippen LogP contribution in [0.5, 0.6) is 0 Å². The predicted molar refractivity (Wildman–Crippen MR) is 51.5 cm³/mol. The number of likely N-dealkylation sites (tertiary alicyclic amines) is 1. The van der Waals surface area contributed by atoms with Crippen LogP contribution in [0.15, 0.2) is 0 Å². The number of β-amino-alcohol motifs (C(OH)–C–C–N with tert-alkyl or cyclic N) is 1. The minimum Gasteiger partial charge on any atom is -0.389 e. The Morgan fingerprint density at radius 3 is 2.40 bits per heavy atom. The first-order chi connectivity index (χ1) is 6.68. The lowest BCUT2D eigenvalue weighted by molar-refractivity contribution is -0.188. The lowest BCUT2D eigenvalue weighted by Gasteiger charge is -2.36. The van der Waals surface area contributed by atoms with Crippen molar-refractivity contribution in [2.45, 2.75) is 38.5 Å². The molecule has 5 heteroatoms. The van der Waals surface area contributed by atoms with E-state index in [9.17, 15) is 18.3 Å². The van der Waals surface area contributed by atoms with Crippen LogP contribution in [0, 0.1) is 5.92 Å². The summed E-state index contributed by atoms with van der Waals surface area (Å²) in [6.07, 6.45) is -3.33. The Balaban J connectivity index is 2.50. The molecule has 0 spiro atoms. The molecule has 15 heavy (non-hydrogen) atoms. The van der Waals surface area contributed by atoms with Gasteiger partial charge in [-0.05, 0) is 33.2 Å². The summed E-state index contributed by atoms with van der Waals surface area (Å²) in [4.78, 5) is 1.70. The van der Waals surface area contributed by atoms with Crippen molar-refractivity contribution in [3.8, 4) is 0 Å². The third-order valence-electron chi connectivity index (χ3n) is 2.58. The Morgan fingerprint density at radius 1 is 1.33 bits per heavy atom. The van der Waals surface area contributed by atoms with Crippen molar-refractivity contribution < 1.29 is 18.3 Å². The van der Waals surface area contributed by atoms with Crippen molar-refractivity contribution in [1.82, 2.24) is 4.90 Å². The second-order valence-corrected chi connectivity index (χ2v) is 4.93. The number of nitrogens with zero attached hydrogens (tertiary/aromatic N) is 1. The van der Waals surface area contributed by atoms with Crippen LogP contribution in [0.3, 0.4) is 0 Å². The Kier molecular flexibility index (Phi) is 3.66. The van der Waals surface area contributed by atoms with E-state index in [1.807, 2.05) is 0 Å². The van der Waals surface area contributed by atoms with Crippen LogP contribution < -0.4 is 0 Å². The predicted octanol–water partition coefficient (Wildman–Crippen LogP) is 2.03. The number of rotatable bonds is 2. The lowest BCUT2D eigenvalue weighted by atomic mass is 9.96. The highest BCUT2D eigenvalue weighted by Gasteiger charge is 2.42. The Bertz CT molecular complexity index is 210. The maximum absolute atomic E-state index is 12.5. The normalized spacial score (nSPS) is 25.6. The van der Waals surface area contributed by atoms with Gasteiger partial charge in [0, 0.05) is 13.1 Å². The minimum atomic E-state index is -4.10. The van der Waals surface area contributed by atoms with Crippen LogP contribution >= 0.6 is 0 Å². The molecule has 0 aromatic rings. The van der Waals surface area contributed by atoms with E-state index in [4.69, 9.17) is 0 Å². The highest BCUT2D eigenvalue weighted by atomic mass is 19.4. The summed E-state index contributed by atoms with van der Waals surface area (Å²) in [6, 6.07) is 0. The van der Waals surface area contributed by atoms with E-state index >= 15 is 0 Å². The molecule has 1 fully saturated rings. The number of hydrogen-bond donors (Lipinski definition) is 1. The summed E-state index contributed by atoms with van der Waals surface area (Å²) in [5.74, 6) is -1.23. The summed E-state index contributed by atoms with van der Waals surface area (Å²) < 4.78 is 37.4. The van der Waals surface area contributed by atoms with Gasteiger partial charge in [0.05, 0.1) is 11.5 Å². The van der Waals surface area contributed by atoms with Gasteiger partial charge >= 0.3 is 6.18 Å². The summed E-state index contributed by atoms with van der Waals surface area (Å²) in [5.41, 5.74) is -0.923. The number of aliphatic hydroxyl groups is 1. The summed E-state index contributed by atoms with van der Waals surface area (Å²) in [7, 11) is 0. The zero-order valence-electron chi connectivity index (χ0n) is 9.14. The van der Waals surface area contributed by atoms with Gasteiger partial charge in [0.2, 0.25) is 0 Å². The fraction of sp³-hybridized carbons (Fsp3) is 1.00. The van der Waals surface area contributed by atoms with Gasteiger partial charge in [-0.2, -0.15) is 13.2 Å².